The normalized spacial score (nSPS) is 38.1. The van der Waals surface area contributed by atoms with Gasteiger partial charge in [-0.1, -0.05) is 20.8 Å². The Morgan fingerprint density at radius 3 is 2.47 bits per heavy atom. The predicted octanol–water partition coefficient (Wildman–Crippen LogP) is 2.51. The van der Waals surface area contributed by atoms with Crippen molar-refractivity contribution in [2.24, 2.45) is 16.7 Å². The fourth-order valence-corrected chi connectivity index (χ4v) is 2.67. The van der Waals surface area contributed by atoms with Crippen LogP contribution in [-0.2, 0) is 4.79 Å². The molecule has 2 nitrogen and oxygen atoms in total. The van der Waals surface area contributed by atoms with E-state index >= 15 is 0 Å². The molecule has 0 aromatic rings. The van der Waals surface area contributed by atoms with Gasteiger partial charge < -0.3 is 4.90 Å². The molecule has 1 aliphatic heterocycles. The van der Waals surface area contributed by atoms with Gasteiger partial charge in [-0.15, -0.1) is 11.6 Å². The average molecular weight is 230 g/mol. The molecule has 1 aliphatic carbocycles. The Kier molecular flexibility index (Phi) is 2.53. The Morgan fingerprint density at radius 2 is 2.07 bits per heavy atom. The molecule has 0 radical (unpaired) electrons. The molecule has 0 bridgehead atoms. The van der Waals surface area contributed by atoms with Gasteiger partial charge in [0.25, 0.3) is 0 Å². The maximum Gasteiger partial charge on any atom is 0.228 e. The second-order valence-corrected chi connectivity index (χ2v) is 6.20. The maximum atomic E-state index is 12.2. The molecule has 0 N–H and O–H groups in total. The molecule has 1 saturated heterocycles. The van der Waals surface area contributed by atoms with Gasteiger partial charge in [0, 0.05) is 29.8 Å². The first-order chi connectivity index (χ1) is 6.91. The van der Waals surface area contributed by atoms with Crippen LogP contribution in [0.5, 0.6) is 0 Å². The van der Waals surface area contributed by atoms with Crippen LogP contribution in [0.1, 0.15) is 33.6 Å². The zero-order chi connectivity index (χ0) is 11.3. The molecule has 0 aromatic heterocycles. The largest absolute Gasteiger partial charge is 0.341 e. The van der Waals surface area contributed by atoms with Crippen molar-refractivity contribution in [1.29, 1.82) is 0 Å². The van der Waals surface area contributed by atoms with Gasteiger partial charge in [-0.05, 0) is 18.8 Å². The number of hydrogen-bond acceptors (Lipinski definition) is 1. The number of rotatable bonds is 2. The summed E-state index contributed by atoms with van der Waals surface area (Å²) in [7, 11) is 0. The molecule has 0 aromatic carbocycles. The van der Waals surface area contributed by atoms with E-state index in [1.165, 1.54) is 0 Å². The molecule has 2 aliphatic rings. The third-order valence-electron chi connectivity index (χ3n) is 4.34. The van der Waals surface area contributed by atoms with Crippen molar-refractivity contribution in [3.05, 3.63) is 0 Å². The summed E-state index contributed by atoms with van der Waals surface area (Å²) in [5.74, 6) is 1.51. The second-order valence-electron chi connectivity index (χ2n) is 5.94. The van der Waals surface area contributed by atoms with E-state index in [4.69, 9.17) is 11.6 Å². The smallest absolute Gasteiger partial charge is 0.228 e. The van der Waals surface area contributed by atoms with E-state index in [1.807, 2.05) is 4.90 Å². The van der Waals surface area contributed by atoms with Crippen LogP contribution < -0.4 is 0 Å². The highest BCUT2D eigenvalue weighted by atomic mass is 35.5. The minimum atomic E-state index is -0.0305. The first-order valence-electron chi connectivity index (χ1n) is 5.77. The van der Waals surface area contributed by atoms with Crippen molar-refractivity contribution in [2.45, 2.75) is 33.6 Å². The molecule has 1 amide bonds. The number of amides is 1. The third-order valence-corrected chi connectivity index (χ3v) is 4.96. The molecular weight excluding hydrogens is 210 g/mol. The van der Waals surface area contributed by atoms with Crippen molar-refractivity contribution < 1.29 is 4.79 Å². The number of carbonyl (C=O) groups excluding carboxylic acids is 1. The summed E-state index contributed by atoms with van der Waals surface area (Å²) in [6.45, 7) is 8.19. The number of likely N-dealkylation sites (tertiary alicyclic amines) is 1. The molecule has 86 valence electrons. The second kappa shape index (κ2) is 3.38. The lowest BCUT2D eigenvalue weighted by atomic mass is 9.83. The molecule has 2 fully saturated rings. The van der Waals surface area contributed by atoms with E-state index in [9.17, 15) is 4.79 Å². The standard InChI is InChI=1S/C12H20ClNO/c1-9-6-14(8-12(9,3)7-13)10(15)11(2)4-5-11/h9H,4-8H2,1-3H3. The van der Waals surface area contributed by atoms with Gasteiger partial charge in [0.1, 0.15) is 0 Å². The van der Waals surface area contributed by atoms with Crippen molar-refractivity contribution in [3.8, 4) is 0 Å². The van der Waals surface area contributed by atoms with Gasteiger partial charge in [0.15, 0.2) is 0 Å². The highest BCUT2D eigenvalue weighted by Gasteiger charge is 2.51. The maximum absolute atomic E-state index is 12.2. The fourth-order valence-electron chi connectivity index (χ4n) is 2.32. The molecule has 3 heteroatoms. The van der Waals surface area contributed by atoms with Crippen molar-refractivity contribution in [2.75, 3.05) is 19.0 Å². The Hall–Kier alpha value is -0.240. The lowest BCUT2D eigenvalue weighted by Crippen LogP contribution is -2.36. The molecule has 15 heavy (non-hydrogen) atoms. The van der Waals surface area contributed by atoms with Crippen LogP contribution in [-0.4, -0.2) is 29.8 Å². The zero-order valence-corrected chi connectivity index (χ0v) is 10.6. The van der Waals surface area contributed by atoms with Crippen LogP contribution in [0.4, 0.5) is 0 Å². The van der Waals surface area contributed by atoms with Gasteiger partial charge in [-0.2, -0.15) is 0 Å². The molecule has 1 saturated carbocycles. The highest BCUT2D eigenvalue weighted by Crippen LogP contribution is 2.48. The molecule has 1 heterocycles. The molecule has 2 rings (SSSR count). The number of carbonyl (C=O) groups is 1. The minimum absolute atomic E-state index is 0.0305. The van der Waals surface area contributed by atoms with E-state index < -0.39 is 0 Å². The Bertz CT molecular complexity index is 287. The van der Waals surface area contributed by atoms with Crippen molar-refractivity contribution in [3.63, 3.8) is 0 Å². The van der Waals surface area contributed by atoms with Crippen LogP contribution in [0.25, 0.3) is 0 Å². The molecule has 0 spiro atoms. The fraction of sp³-hybridized carbons (Fsp3) is 0.917. The number of halogens is 1. The summed E-state index contributed by atoms with van der Waals surface area (Å²) in [5, 5.41) is 0. The van der Waals surface area contributed by atoms with Crippen LogP contribution >= 0.6 is 11.6 Å². The number of alkyl halides is 1. The predicted molar refractivity (Wildman–Crippen MR) is 61.9 cm³/mol. The summed E-state index contributed by atoms with van der Waals surface area (Å²) in [4.78, 5) is 14.2. The van der Waals surface area contributed by atoms with Crippen LogP contribution in [0, 0.1) is 16.7 Å². The number of nitrogens with zero attached hydrogens (tertiary/aromatic N) is 1. The van der Waals surface area contributed by atoms with E-state index in [1.54, 1.807) is 0 Å². The molecule has 2 unspecified atom stereocenters. The Balaban J connectivity index is 2.06. The van der Waals surface area contributed by atoms with E-state index in [0.717, 1.165) is 25.9 Å². The van der Waals surface area contributed by atoms with Gasteiger partial charge in [0.05, 0.1) is 0 Å². The first-order valence-corrected chi connectivity index (χ1v) is 6.30. The van der Waals surface area contributed by atoms with E-state index in [0.29, 0.717) is 17.7 Å². The van der Waals surface area contributed by atoms with Crippen LogP contribution in [0.2, 0.25) is 0 Å². The zero-order valence-electron chi connectivity index (χ0n) is 9.85. The summed E-state index contributed by atoms with van der Waals surface area (Å²) in [5.41, 5.74) is 0.0831. The Labute approximate surface area is 97.0 Å². The van der Waals surface area contributed by atoms with Crippen molar-refractivity contribution in [1.82, 2.24) is 4.90 Å². The molecular formula is C12H20ClNO. The van der Waals surface area contributed by atoms with Gasteiger partial charge >= 0.3 is 0 Å². The lowest BCUT2D eigenvalue weighted by Gasteiger charge is -2.25. The Morgan fingerprint density at radius 1 is 1.47 bits per heavy atom. The van der Waals surface area contributed by atoms with Gasteiger partial charge in [-0.25, -0.2) is 0 Å². The quantitative estimate of drug-likeness (QED) is 0.667. The minimum Gasteiger partial charge on any atom is -0.341 e. The van der Waals surface area contributed by atoms with Crippen molar-refractivity contribution >= 4 is 17.5 Å². The third kappa shape index (κ3) is 1.77. The van der Waals surface area contributed by atoms with E-state index in [-0.39, 0.29) is 10.8 Å². The van der Waals surface area contributed by atoms with Gasteiger partial charge in [-0.3, -0.25) is 4.79 Å². The van der Waals surface area contributed by atoms with Gasteiger partial charge in [0.2, 0.25) is 5.91 Å². The summed E-state index contributed by atoms with van der Waals surface area (Å²) in [6.07, 6.45) is 2.13. The van der Waals surface area contributed by atoms with Crippen LogP contribution in [0.15, 0.2) is 0 Å². The summed E-state index contributed by atoms with van der Waals surface area (Å²) < 4.78 is 0. The molecule has 2 atom stereocenters. The average Bonchev–Trinajstić information content (AvgIpc) is 2.87. The van der Waals surface area contributed by atoms with Crippen LogP contribution in [0.3, 0.4) is 0 Å². The number of hydrogen-bond donors (Lipinski definition) is 0. The topological polar surface area (TPSA) is 20.3 Å². The SMILES string of the molecule is CC1CN(C(=O)C2(C)CC2)CC1(C)CCl. The highest BCUT2D eigenvalue weighted by molar-refractivity contribution is 6.18. The summed E-state index contributed by atoms with van der Waals surface area (Å²) >= 11 is 6.01. The summed E-state index contributed by atoms with van der Waals surface area (Å²) in [6, 6.07) is 0. The lowest BCUT2D eigenvalue weighted by molar-refractivity contribution is -0.135. The first kappa shape index (κ1) is 11.3. The monoisotopic (exact) mass is 229 g/mol. The van der Waals surface area contributed by atoms with E-state index in [2.05, 4.69) is 20.8 Å².